The predicted octanol–water partition coefficient (Wildman–Crippen LogP) is 3.84. The summed E-state index contributed by atoms with van der Waals surface area (Å²) >= 11 is 0. The van der Waals surface area contributed by atoms with E-state index in [1.807, 2.05) is 0 Å². The van der Waals surface area contributed by atoms with Crippen LogP contribution in [0.5, 0.6) is 5.75 Å². The molecule has 0 saturated heterocycles. The number of hydrogen-bond acceptors (Lipinski definition) is 2. The first-order valence-electron chi connectivity index (χ1n) is 6.25. The summed E-state index contributed by atoms with van der Waals surface area (Å²) in [5.41, 5.74) is 0.514. The lowest BCUT2D eigenvalue weighted by Gasteiger charge is -2.13. The average molecular weight is 240 g/mol. The van der Waals surface area contributed by atoms with Gasteiger partial charge in [-0.25, -0.2) is 4.39 Å². The van der Waals surface area contributed by atoms with E-state index in [1.165, 1.54) is 25.0 Å². The summed E-state index contributed by atoms with van der Waals surface area (Å²) < 4.78 is 18.6. The number of unbranched alkanes of at least 4 members (excludes halogenated alkanes) is 3. The molecule has 0 heterocycles. The van der Waals surface area contributed by atoms with Crippen LogP contribution in [-0.2, 0) is 0 Å². The molecular weight excluding hydrogens is 219 g/mol. The fourth-order valence-electron chi connectivity index (χ4n) is 1.69. The third-order valence-corrected chi connectivity index (χ3v) is 2.68. The maximum Gasteiger partial charge on any atom is 0.125 e. The van der Waals surface area contributed by atoms with Crippen LogP contribution in [0.3, 0.4) is 0 Å². The molecule has 96 valence electrons. The van der Waals surface area contributed by atoms with Crippen molar-refractivity contribution in [2.75, 3.05) is 6.61 Å². The van der Waals surface area contributed by atoms with Crippen molar-refractivity contribution in [3.05, 3.63) is 29.6 Å². The summed E-state index contributed by atoms with van der Waals surface area (Å²) in [5, 5.41) is 9.52. The van der Waals surface area contributed by atoms with E-state index >= 15 is 0 Å². The molecule has 0 radical (unpaired) electrons. The summed E-state index contributed by atoms with van der Waals surface area (Å²) in [7, 11) is 0. The van der Waals surface area contributed by atoms with E-state index in [0.717, 1.165) is 12.8 Å². The number of rotatable bonds is 7. The summed E-state index contributed by atoms with van der Waals surface area (Å²) in [5.74, 6) is 0.233. The molecule has 0 spiro atoms. The molecule has 0 unspecified atom stereocenters. The quantitative estimate of drug-likeness (QED) is 0.734. The van der Waals surface area contributed by atoms with Crippen LogP contribution in [0.25, 0.3) is 0 Å². The van der Waals surface area contributed by atoms with E-state index in [-0.39, 0.29) is 5.82 Å². The molecule has 0 aliphatic rings. The van der Waals surface area contributed by atoms with Gasteiger partial charge < -0.3 is 9.84 Å². The molecule has 1 rings (SSSR count). The highest BCUT2D eigenvalue weighted by molar-refractivity contribution is 5.35. The van der Waals surface area contributed by atoms with Crippen LogP contribution in [0, 0.1) is 5.82 Å². The van der Waals surface area contributed by atoms with Gasteiger partial charge in [-0.2, -0.15) is 0 Å². The molecule has 1 aromatic rings. The average Bonchev–Trinajstić information content (AvgIpc) is 2.30. The Morgan fingerprint density at radius 1 is 1.29 bits per heavy atom. The Kier molecular flexibility index (Phi) is 5.98. The van der Waals surface area contributed by atoms with Gasteiger partial charge in [0, 0.05) is 5.56 Å². The lowest BCUT2D eigenvalue weighted by atomic mass is 10.1. The number of benzene rings is 1. The van der Waals surface area contributed by atoms with Crippen molar-refractivity contribution in [3.63, 3.8) is 0 Å². The van der Waals surface area contributed by atoms with Gasteiger partial charge in [0.1, 0.15) is 11.6 Å². The molecule has 0 amide bonds. The second kappa shape index (κ2) is 7.28. The first-order valence-corrected chi connectivity index (χ1v) is 6.25. The van der Waals surface area contributed by atoms with Gasteiger partial charge in [-0.05, 0) is 31.5 Å². The predicted molar refractivity (Wildman–Crippen MR) is 66.7 cm³/mol. The molecule has 1 atom stereocenters. The van der Waals surface area contributed by atoms with E-state index in [1.54, 1.807) is 13.0 Å². The minimum Gasteiger partial charge on any atom is -0.493 e. The second-order valence-corrected chi connectivity index (χ2v) is 4.27. The van der Waals surface area contributed by atoms with Crippen LogP contribution in [0.2, 0.25) is 0 Å². The van der Waals surface area contributed by atoms with E-state index in [2.05, 4.69) is 6.92 Å². The molecule has 2 nitrogen and oxygen atoms in total. The van der Waals surface area contributed by atoms with Crippen molar-refractivity contribution in [2.45, 2.75) is 45.6 Å². The molecule has 3 heteroatoms. The van der Waals surface area contributed by atoms with Crippen LogP contribution in [-0.4, -0.2) is 11.7 Å². The third-order valence-electron chi connectivity index (χ3n) is 2.68. The molecule has 17 heavy (non-hydrogen) atoms. The van der Waals surface area contributed by atoms with Gasteiger partial charge in [0.25, 0.3) is 0 Å². The highest BCUT2D eigenvalue weighted by Gasteiger charge is 2.10. The smallest absolute Gasteiger partial charge is 0.125 e. The lowest BCUT2D eigenvalue weighted by molar-refractivity contribution is 0.190. The molecular formula is C14H21FO2. The number of halogens is 1. The molecule has 0 aliphatic carbocycles. The van der Waals surface area contributed by atoms with E-state index < -0.39 is 6.10 Å². The van der Waals surface area contributed by atoms with Gasteiger partial charge in [0.15, 0.2) is 0 Å². The zero-order valence-corrected chi connectivity index (χ0v) is 10.6. The molecule has 0 fully saturated rings. The van der Waals surface area contributed by atoms with Crippen molar-refractivity contribution >= 4 is 0 Å². The van der Waals surface area contributed by atoms with Crippen molar-refractivity contribution in [1.82, 2.24) is 0 Å². The summed E-state index contributed by atoms with van der Waals surface area (Å²) in [4.78, 5) is 0. The van der Waals surface area contributed by atoms with Crippen molar-refractivity contribution in [2.24, 2.45) is 0 Å². The Balaban J connectivity index is 2.52. The summed E-state index contributed by atoms with van der Waals surface area (Å²) in [6.07, 6.45) is 3.81. The van der Waals surface area contributed by atoms with Gasteiger partial charge in [0.05, 0.1) is 12.7 Å². The zero-order chi connectivity index (χ0) is 12.7. The Morgan fingerprint density at radius 2 is 2.06 bits per heavy atom. The molecule has 0 saturated carbocycles. The largest absolute Gasteiger partial charge is 0.493 e. The first kappa shape index (κ1) is 14.0. The third kappa shape index (κ3) is 4.73. The maximum atomic E-state index is 13.0. The fourth-order valence-corrected chi connectivity index (χ4v) is 1.69. The second-order valence-electron chi connectivity index (χ2n) is 4.27. The monoisotopic (exact) mass is 240 g/mol. The lowest BCUT2D eigenvalue weighted by Crippen LogP contribution is -2.02. The normalized spacial score (nSPS) is 12.5. The van der Waals surface area contributed by atoms with Gasteiger partial charge in [-0.15, -0.1) is 0 Å². The van der Waals surface area contributed by atoms with Crippen molar-refractivity contribution < 1.29 is 14.2 Å². The highest BCUT2D eigenvalue weighted by atomic mass is 19.1. The van der Waals surface area contributed by atoms with Crippen LogP contribution < -0.4 is 4.74 Å². The minimum absolute atomic E-state index is 0.348. The van der Waals surface area contributed by atoms with Gasteiger partial charge in [-0.3, -0.25) is 0 Å². The van der Waals surface area contributed by atoms with Gasteiger partial charge in [-0.1, -0.05) is 26.2 Å². The first-order chi connectivity index (χ1) is 8.15. The maximum absolute atomic E-state index is 13.0. The van der Waals surface area contributed by atoms with E-state index in [0.29, 0.717) is 17.9 Å². The van der Waals surface area contributed by atoms with Crippen LogP contribution >= 0.6 is 0 Å². The Bertz CT molecular complexity index is 337. The molecule has 1 N–H and O–H groups in total. The van der Waals surface area contributed by atoms with Crippen LogP contribution in [0.4, 0.5) is 4.39 Å². The zero-order valence-electron chi connectivity index (χ0n) is 10.6. The van der Waals surface area contributed by atoms with E-state index in [4.69, 9.17) is 4.74 Å². The summed E-state index contributed by atoms with van der Waals surface area (Å²) in [6, 6.07) is 4.26. The molecule has 1 aromatic carbocycles. The fraction of sp³-hybridized carbons (Fsp3) is 0.571. The molecule has 0 bridgehead atoms. The van der Waals surface area contributed by atoms with Crippen molar-refractivity contribution in [1.29, 1.82) is 0 Å². The molecule has 0 aromatic heterocycles. The minimum atomic E-state index is -0.712. The van der Waals surface area contributed by atoms with Crippen molar-refractivity contribution in [3.8, 4) is 5.75 Å². The number of hydrogen-bond donors (Lipinski definition) is 1. The SMILES string of the molecule is CCCCCCOc1ccc(F)cc1[C@H](C)O. The summed E-state index contributed by atoms with van der Waals surface area (Å²) in [6.45, 7) is 4.39. The number of ether oxygens (including phenoxy) is 1. The van der Waals surface area contributed by atoms with Gasteiger partial charge >= 0.3 is 0 Å². The number of aliphatic hydroxyl groups is 1. The standard InChI is InChI=1S/C14H21FO2/c1-3-4-5-6-9-17-14-8-7-12(15)10-13(14)11(2)16/h7-8,10-11,16H,3-6,9H2,1-2H3/t11-/m0/s1. The molecule has 0 aliphatic heterocycles. The Labute approximate surface area is 102 Å². The number of aliphatic hydroxyl groups excluding tert-OH is 1. The van der Waals surface area contributed by atoms with Crippen LogP contribution in [0.1, 0.15) is 51.2 Å². The van der Waals surface area contributed by atoms with Crippen LogP contribution in [0.15, 0.2) is 18.2 Å². The topological polar surface area (TPSA) is 29.5 Å². The Hall–Kier alpha value is -1.09. The highest BCUT2D eigenvalue weighted by Crippen LogP contribution is 2.26. The van der Waals surface area contributed by atoms with E-state index in [9.17, 15) is 9.50 Å². The van der Waals surface area contributed by atoms with Gasteiger partial charge in [0.2, 0.25) is 0 Å². The Morgan fingerprint density at radius 3 is 2.71 bits per heavy atom.